The van der Waals surface area contributed by atoms with E-state index in [1.807, 2.05) is 12.2 Å². The number of carbonyl (C=O) groups excluding carboxylic acids is 4. The molecule has 0 bridgehead atoms. The molecule has 52 heavy (non-hydrogen) atoms. The smallest absolute Gasteiger partial charge is 0.410 e. The molecule has 3 aliphatic heterocycles. The van der Waals surface area contributed by atoms with Crippen molar-refractivity contribution in [3.63, 3.8) is 0 Å². The van der Waals surface area contributed by atoms with E-state index >= 15 is 0 Å². The Balaban J connectivity index is 1.06. The zero-order valence-electron chi connectivity index (χ0n) is 29.6. The molecule has 12 nitrogen and oxygen atoms in total. The Morgan fingerprint density at radius 1 is 1.00 bits per heavy atom. The summed E-state index contributed by atoms with van der Waals surface area (Å²) in [5.41, 5.74) is -0.309. The summed E-state index contributed by atoms with van der Waals surface area (Å²) in [6, 6.07) is 3.28. The van der Waals surface area contributed by atoms with Crippen LogP contribution in [-0.4, -0.2) is 95.5 Å². The third kappa shape index (κ3) is 7.60. The molecule has 0 aromatic heterocycles. The van der Waals surface area contributed by atoms with Crippen LogP contribution in [0, 0.1) is 23.6 Å². The molecule has 2 N–H and O–H groups in total. The summed E-state index contributed by atoms with van der Waals surface area (Å²) < 4.78 is 48.3. The summed E-state index contributed by atoms with van der Waals surface area (Å²) in [5.74, 6) is -1.16. The number of nitrogens with zero attached hydrogens (tertiary/aromatic N) is 3. The van der Waals surface area contributed by atoms with Crippen molar-refractivity contribution in [2.24, 2.45) is 17.8 Å². The van der Waals surface area contributed by atoms with E-state index in [4.69, 9.17) is 4.74 Å². The molecule has 14 heteroatoms. The third-order valence-corrected chi connectivity index (χ3v) is 13.9. The first kappa shape index (κ1) is 35.5. The maximum atomic E-state index is 14.8. The molecule has 282 valence electrons. The third-order valence-electron chi connectivity index (χ3n) is 12.1. The fraction of sp³-hybridized carbons (Fsp3) is 0.684. The highest BCUT2D eigenvalue weighted by molar-refractivity contribution is 7.91. The summed E-state index contributed by atoms with van der Waals surface area (Å²) in [5, 5.41) is 2.31. The standard InChI is InChI=1S/C38H50FN5O7S/c39-31-9-6-7-26-21-43(23-30(26)31)37(48)51-28-17-33-34(45)40-38(36(47)41-52(49,50)29-15-16-29)18-27(38)8-4-2-1-3-5-10-32(35(46)44(33)22-28)42(19-24-11-12-24)20-25-13-14-25/h4,6-9,24-25,27-29,32-33H,1-3,5,10-23H2,(H,40,45)(H,41,47)/b8-4-/t27-,28-,32+,33+,38-/m1/s1. The quantitative estimate of drug-likeness (QED) is 0.365. The fourth-order valence-corrected chi connectivity index (χ4v) is 9.72. The Bertz CT molecular complexity index is 1730. The lowest BCUT2D eigenvalue weighted by Gasteiger charge is -2.36. The number of fused-ring (bicyclic) bond motifs is 3. The van der Waals surface area contributed by atoms with Gasteiger partial charge in [0.25, 0.3) is 5.91 Å². The first-order chi connectivity index (χ1) is 25.0. The van der Waals surface area contributed by atoms with Gasteiger partial charge in [0.15, 0.2) is 0 Å². The van der Waals surface area contributed by atoms with Gasteiger partial charge in [-0.15, -0.1) is 0 Å². The molecule has 1 aromatic rings. The molecule has 0 radical (unpaired) electrons. The Morgan fingerprint density at radius 2 is 1.75 bits per heavy atom. The molecule has 1 saturated heterocycles. The van der Waals surface area contributed by atoms with Gasteiger partial charge in [-0.1, -0.05) is 37.1 Å². The monoisotopic (exact) mass is 739 g/mol. The number of halogens is 1. The second kappa shape index (κ2) is 14.0. The number of rotatable bonds is 9. The maximum absolute atomic E-state index is 14.8. The van der Waals surface area contributed by atoms with Crippen LogP contribution in [0.5, 0.6) is 0 Å². The van der Waals surface area contributed by atoms with Gasteiger partial charge in [-0.3, -0.25) is 28.9 Å². The van der Waals surface area contributed by atoms with Gasteiger partial charge in [-0.25, -0.2) is 17.6 Å². The van der Waals surface area contributed by atoms with Crippen molar-refractivity contribution in [1.29, 1.82) is 0 Å². The molecule has 1 aromatic carbocycles. The van der Waals surface area contributed by atoms with Crippen LogP contribution in [0.4, 0.5) is 9.18 Å². The first-order valence-electron chi connectivity index (χ1n) is 19.3. The molecular weight excluding hydrogens is 690 g/mol. The van der Waals surface area contributed by atoms with Gasteiger partial charge in [0.05, 0.1) is 24.4 Å². The molecule has 5 atom stereocenters. The molecular formula is C38H50FN5O7S. The largest absolute Gasteiger partial charge is 0.444 e. The number of allylic oxidation sites excluding steroid dienone is 1. The second-order valence-corrected chi connectivity index (χ2v) is 18.3. The molecule has 4 aliphatic carbocycles. The van der Waals surface area contributed by atoms with E-state index in [0.717, 1.165) is 64.5 Å². The normalized spacial score (nSPS) is 31.5. The van der Waals surface area contributed by atoms with Crippen LogP contribution in [-0.2, 0) is 42.2 Å². The van der Waals surface area contributed by atoms with E-state index < -0.39 is 62.8 Å². The van der Waals surface area contributed by atoms with E-state index in [0.29, 0.717) is 42.2 Å². The molecule has 0 spiro atoms. The topological polar surface area (TPSA) is 145 Å². The minimum Gasteiger partial charge on any atom is -0.444 e. The molecule has 7 aliphatic rings. The molecule has 8 rings (SSSR count). The van der Waals surface area contributed by atoms with Gasteiger partial charge in [-0.05, 0) is 87.7 Å². The SMILES string of the molecule is O=C1N[C@]2(C(=O)NS(=O)(=O)C3CC3)C[C@H]2/C=C\CCCCC[C@H](N(CC2CC2)CC2CC2)C(=O)N2C[C@H](OC(=O)N3Cc4cccc(F)c4C3)C[C@@H]12. The number of sulfonamides is 1. The van der Waals surface area contributed by atoms with Gasteiger partial charge in [0.1, 0.15) is 23.5 Å². The number of benzene rings is 1. The van der Waals surface area contributed by atoms with Crippen molar-refractivity contribution < 1.29 is 36.7 Å². The molecule has 3 heterocycles. The number of hydrogen-bond acceptors (Lipinski definition) is 8. The van der Waals surface area contributed by atoms with Crippen molar-refractivity contribution in [2.45, 2.75) is 126 Å². The van der Waals surface area contributed by atoms with Crippen LogP contribution in [0.3, 0.4) is 0 Å². The Morgan fingerprint density at radius 3 is 2.44 bits per heavy atom. The summed E-state index contributed by atoms with van der Waals surface area (Å²) in [6.07, 6.45) is 12.4. The molecule has 4 amide bonds. The zero-order valence-corrected chi connectivity index (χ0v) is 30.5. The minimum atomic E-state index is -3.87. The molecule has 5 fully saturated rings. The highest BCUT2D eigenvalue weighted by Crippen LogP contribution is 2.46. The first-order valence-corrected chi connectivity index (χ1v) is 20.9. The van der Waals surface area contributed by atoms with Gasteiger partial charge in [-0.2, -0.15) is 0 Å². The van der Waals surface area contributed by atoms with E-state index in [1.54, 1.807) is 17.0 Å². The Hall–Kier alpha value is -3.52. The Labute approximate surface area is 304 Å². The lowest BCUT2D eigenvalue weighted by Crippen LogP contribution is -2.58. The fourth-order valence-electron chi connectivity index (χ4n) is 8.35. The zero-order chi connectivity index (χ0) is 36.2. The van der Waals surface area contributed by atoms with E-state index in [-0.39, 0.29) is 44.2 Å². The van der Waals surface area contributed by atoms with Crippen LogP contribution < -0.4 is 10.0 Å². The molecule has 0 unspecified atom stereocenters. The lowest BCUT2D eigenvalue weighted by atomic mass is 10.0. The average Bonchev–Trinajstić information content (AvgIpc) is 3.89. The summed E-state index contributed by atoms with van der Waals surface area (Å²) in [7, 11) is -3.87. The van der Waals surface area contributed by atoms with Gasteiger partial charge >= 0.3 is 6.09 Å². The maximum Gasteiger partial charge on any atom is 0.410 e. The minimum absolute atomic E-state index is 0.00753. The van der Waals surface area contributed by atoms with Crippen LogP contribution in [0.25, 0.3) is 0 Å². The van der Waals surface area contributed by atoms with Crippen molar-refractivity contribution in [1.82, 2.24) is 24.7 Å². The number of amides is 4. The molecule has 4 saturated carbocycles. The summed E-state index contributed by atoms with van der Waals surface area (Å²) in [4.78, 5) is 61.7. The van der Waals surface area contributed by atoms with Crippen molar-refractivity contribution in [3.8, 4) is 0 Å². The highest BCUT2D eigenvalue weighted by Gasteiger charge is 2.62. The predicted octanol–water partition coefficient (Wildman–Crippen LogP) is 3.74. The predicted molar refractivity (Wildman–Crippen MR) is 188 cm³/mol. The number of carbonyl (C=O) groups is 4. The van der Waals surface area contributed by atoms with Crippen LogP contribution in [0.15, 0.2) is 30.4 Å². The summed E-state index contributed by atoms with van der Waals surface area (Å²) >= 11 is 0. The van der Waals surface area contributed by atoms with Crippen molar-refractivity contribution in [3.05, 3.63) is 47.3 Å². The van der Waals surface area contributed by atoms with Crippen LogP contribution in [0.2, 0.25) is 0 Å². The van der Waals surface area contributed by atoms with E-state index in [9.17, 15) is 32.0 Å². The number of nitrogens with one attached hydrogen (secondary N) is 2. The van der Waals surface area contributed by atoms with Gasteiger partial charge in [0, 0.05) is 37.5 Å². The van der Waals surface area contributed by atoms with Crippen molar-refractivity contribution in [2.75, 3.05) is 19.6 Å². The van der Waals surface area contributed by atoms with Crippen LogP contribution in [0.1, 0.15) is 94.6 Å². The van der Waals surface area contributed by atoms with E-state index in [2.05, 4.69) is 14.9 Å². The number of hydrogen-bond donors (Lipinski definition) is 2. The Kier molecular flexibility index (Phi) is 9.59. The average molecular weight is 740 g/mol. The van der Waals surface area contributed by atoms with Gasteiger partial charge in [0.2, 0.25) is 21.8 Å². The second-order valence-electron chi connectivity index (χ2n) is 16.4. The van der Waals surface area contributed by atoms with E-state index in [1.165, 1.54) is 11.0 Å². The van der Waals surface area contributed by atoms with Gasteiger partial charge < -0.3 is 15.0 Å². The lowest BCUT2D eigenvalue weighted by molar-refractivity contribution is -0.144. The van der Waals surface area contributed by atoms with Crippen LogP contribution >= 0.6 is 0 Å². The summed E-state index contributed by atoms with van der Waals surface area (Å²) in [6.45, 7) is 1.95. The highest BCUT2D eigenvalue weighted by atomic mass is 32.2. The van der Waals surface area contributed by atoms with Crippen molar-refractivity contribution >= 4 is 33.8 Å². The number of ether oxygens (including phenoxy) is 1.